The van der Waals surface area contributed by atoms with Gasteiger partial charge in [0, 0.05) is 28.5 Å². The Bertz CT molecular complexity index is 894. The summed E-state index contributed by atoms with van der Waals surface area (Å²) < 4.78 is 0. The number of nitrogen functional groups attached to an aromatic ring is 1. The van der Waals surface area contributed by atoms with Crippen molar-refractivity contribution >= 4 is 27.8 Å². The quantitative estimate of drug-likeness (QED) is 0.554. The van der Waals surface area contributed by atoms with Crippen molar-refractivity contribution in [1.82, 2.24) is 20.3 Å². The van der Waals surface area contributed by atoms with Gasteiger partial charge in [-0.05, 0) is 38.1 Å². The van der Waals surface area contributed by atoms with Crippen molar-refractivity contribution in [1.29, 1.82) is 0 Å². The third-order valence-corrected chi connectivity index (χ3v) is 4.12. The molecular formula is C17H17N5. The van der Waals surface area contributed by atoms with Gasteiger partial charge in [-0.1, -0.05) is 11.8 Å². The van der Waals surface area contributed by atoms with Gasteiger partial charge in [-0.25, -0.2) is 9.97 Å². The van der Waals surface area contributed by atoms with E-state index in [1.54, 1.807) is 6.20 Å². The number of hydrogen-bond donors (Lipinski definition) is 3. The van der Waals surface area contributed by atoms with Gasteiger partial charge in [-0.15, -0.1) is 0 Å². The number of nitrogens with two attached hydrogens (primary N) is 1. The number of H-pyrrole nitrogens is 1. The van der Waals surface area contributed by atoms with Crippen LogP contribution in [0.4, 0.5) is 5.82 Å². The summed E-state index contributed by atoms with van der Waals surface area (Å²) in [4.78, 5) is 11.8. The van der Waals surface area contributed by atoms with Crippen LogP contribution in [-0.4, -0.2) is 28.0 Å². The Morgan fingerprint density at radius 2 is 1.95 bits per heavy atom. The molecule has 4 heterocycles. The van der Waals surface area contributed by atoms with Crippen LogP contribution < -0.4 is 11.1 Å². The van der Waals surface area contributed by atoms with Crippen LogP contribution in [0, 0.1) is 17.8 Å². The molecule has 0 amide bonds. The summed E-state index contributed by atoms with van der Waals surface area (Å²) in [6.07, 6.45) is 5.81. The molecule has 22 heavy (non-hydrogen) atoms. The molecule has 0 spiro atoms. The molecule has 1 aliphatic rings. The molecule has 4 rings (SSSR count). The van der Waals surface area contributed by atoms with Crippen molar-refractivity contribution in [2.75, 3.05) is 18.8 Å². The smallest absolute Gasteiger partial charge is 0.138 e. The standard InChI is InChI=1S/C17H17N5/c18-16-8-13-14-7-12(2-1-11-3-5-19-6-4-11)9-21-17(14)22-15(13)10-20-16/h7-11,19H,3-6H2,(H2,18,20)(H,21,22). The predicted molar refractivity (Wildman–Crippen MR) is 88.3 cm³/mol. The van der Waals surface area contributed by atoms with E-state index < -0.39 is 0 Å². The van der Waals surface area contributed by atoms with Crippen LogP contribution in [0.2, 0.25) is 0 Å². The molecule has 1 fully saturated rings. The minimum absolute atomic E-state index is 0.486. The molecule has 0 aliphatic carbocycles. The maximum atomic E-state index is 5.79. The van der Waals surface area contributed by atoms with Crippen molar-refractivity contribution < 1.29 is 0 Å². The highest BCUT2D eigenvalue weighted by Gasteiger charge is 2.10. The van der Waals surface area contributed by atoms with Crippen LogP contribution in [0.5, 0.6) is 0 Å². The largest absolute Gasteiger partial charge is 0.384 e. The number of piperidine rings is 1. The summed E-state index contributed by atoms with van der Waals surface area (Å²) in [5.41, 5.74) is 8.52. The molecule has 0 unspecified atom stereocenters. The number of nitrogens with one attached hydrogen (secondary N) is 2. The lowest BCUT2D eigenvalue weighted by Gasteiger charge is -2.17. The number of hydrogen-bond acceptors (Lipinski definition) is 4. The molecule has 0 saturated carbocycles. The third kappa shape index (κ3) is 2.38. The Morgan fingerprint density at radius 1 is 1.09 bits per heavy atom. The van der Waals surface area contributed by atoms with Gasteiger partial charge >= 0.3 is 0 Å². The van der Waals surface area contributed by atoms with Crippen LogP contribution >= 0.6 is 0 Å². The Labute approximate surface area is 128 Å². The van der Waals surface area contributed by atoms with E-state index in [1.165, 1.54) is 0 Å². The normalized spacial score (nSPS) is 15.8. The summed E-state index contributed by atoms with van der Waals surface area (Å²) in [7, 11) is 0. The van der Waals surface area contributed by atoms with Crippen LogP contribution in [0.1, 0.15) is 18.4 Å². The van der Waals surface area contributed by atoms with Gasteiger partial charge in [-0.2, -0.15) is 0 Å². The Hall–Kier alpha value is -2.58. The van der Waals surface area contributed by atoms with Crippen molar-refractivity contribution in [3.8, 4) is 11.8 Å². The molecule has 0 radical (unpaired) electrons. The van der Waals surface area contributed by atoms with Crippen LogP contribution in [0.25, 0.3) is 21.9 Å². The topological polar surface area (TPSA) is 79.6 Å². The van der Waals surface area contributed by atoms with Gasteiger partial charge in [0.25, 0.3) is 0 Å². The maximum Gasteiger partial charge on any atom is 0.138 e. The first-order valence-corrected chi connectivity index (χ1v) is 7.55. The van der Waals surface area contributed by atoms with E-state index in [4.69, 9.17) is 5.73 Å². The van der Waals surface area contributed by atoms with Crippen LogP contribution in [0.3, 0.4) is 0 Å². The number of rotatable bonds is 0. The number of fused-ring (bicyclic) bond motifs is 3. The molecule has 0 atom stereocenters. The molecule has 0 bridgehead atoms. The fraction of sp³-hybridized carbons (Fsp3) is 0.294. The Morgan fingerprint density at radius 3 is 2.82 bits per heavy atom. The molecule has 4 N–H and O–H groups in total. The van der Waals surface area contributed by atoms with E-state index >= 15 is 0 Å². The molecule has 1 aliphatic heterocycles. The molecular weight excluding hydrogens is 274 g/mol. The average Bonchev–Trinajstić information content (AvgIpc) is 2.91. The van der Waals surface area contributed by atoms with Gasteiger partial charge in [-0.3, -0.25) is 0 Å². The molecule has 0 aromatic carbocycles. The zero-order chi connectivity index (χ0) is 14.9. The van der Waals surface area contributed by atoms with Gasteiger partial charge in [0.15, 0.2) is 0 Å². The van der Waals surface area contributed by atoms with E-state index in [0.717, 1.165) is 53.4 Å². The van der Waals surface area contributed by atoms with E-state index in [0.29, 0.717) is 11.7 Å². The van der Waals surface area contributed by atoms with E-state index in [9.17, 15) is 0 Å². The van der Waals surface area contributed by atoms with E-state index in [2.05, 4.69) is 38.2 Å². The first-order chi connectivity index (χ1) is 10.8. The number of anilines is 1. The summed E-state index contributed by atoms with van der Waals surface area (Å²) in [5, 5.41) is 5.44. The second-order valence-corrected chi connectivity index (χ2v) is 5.69. The molecule has 5 nitrogen and oxygen atoms in total. The summed E-state index contributed by atoms with van der Waals surface area (Å²) in [6, 6.07) is 3.95. The first-order valence-electron chi connectivity index (χ1n) is 7.55. The third-order valence-electron chi connectivity index (χ3n) is 4.12. The fourth-order valence-electron chi connectivity index (χ4n) is 2.91. The second kappa shape index (κ2) is 5.32. The lowest BCUT2D eigenvalue weighted by molar-refractivity contribution is 0.447. The maximum absolute atomic E-state index is 5.79. The molecule has 5 heteroatoms. The van der Waals surface area contributed by atoms with E-state index in [-0.39, 0.29) is 0 Å². The lowest BCUT2D eigenvalue weighted by Crippen LogP contribution is -2.26. The average molecular weight is 291 g/mol. The van der Waals surface area contributed by atoms with Crippen molar-refractivity contribution in [3.63, 3.8) is 0 Å². The zero-order valence-corrected chi connectivity index (χ0v) is 12.2. The monoisotopic (exact) mass is 291 g/mol. The Kier molecular flexibility index (Phi) is 3.17. The van der Waals surface area contributed by atoms with Gasteiger partial charge in [0.1, 0.15) is 11.5 Å². The van der Waals surface area contributed by atoms with Crippen LogP contribution in [0.15, 0.2) is 24.5 Å². The Balaban J connectivity index is 1.74. The summed E-state index contributed by atoms with van der Waals surface area (Å²) >= 11 is 0. The highest BCUT2D eigenvalue weighted by atomic mass is 14.9. The zero-order valence-electron chi connectivity index (χ0n) is 12.2. The number of nitrogens with zero attached hydrogens (tertiary/aromatic N) is 2. The molecule has 110 valence electrons. The van der Waals surface area contributed by atoms with Crippen molar-refractivity contribution in [2.45, 2.75) is 12.8 Å². The summed E-state index contributed by atoms with van der Waals surface area (Å²) in [6.45, 7) is 2.12. The van der Waals surface area contributed by atoms with Crippen LogP contribution in [-0.2, 0) is 0 Å². The molecule has 1 saturated heterocycles. The SMILES string of the molecule is Nc1cc2c(cn1)[nH]c1ncc(C#CC3CCNCC3)cc12. The minimum atomic E-state index is 0.486. The molecule has 3 aromatic heterocycles. The van der Waals surface area contributed by atoms with Gasteiger partial charge in [0.05, 0.1) is 11.7 Å². The van der Waals surface area contributed by atoms with Gasteiger partial charge < -0.3 is 16.0 Å². The number of pyridine rings is 2. The van der Waals surface area contributed by atoms with Crippen molar-refractivity contribution in [3.05, 3.63) is 30.1 Å². The highest BCUT2D eigenvalue weighted by Crippen LogP contribution is 2.25. The highest BCUT2D eigenvalue weighted by molar-refractivity contribution is 6.06. The lowest BCUT2D eigenvalue weighted by atomic mass is 9.98. The minimum Gasteiger partial charge on any atom is -0.384 e. The number of aromatic amines is 1. The second-order valence-electron chi connectivity index (χ2n) is 5.69. The molecule has 3 aromatic rings. The van der Waals surface area contributed by atoms with Crippen molar-refractivity contribution in [2.24, 2.45) is 5.92 Å². The predicted octanol–water partition coefficient (Wildman–Crippen LogP) is 2.04. The number of aromatic nitrogens is 3. The first kappa shape index (κ1) is 13.1. The summed E-state index contributed by atoms with van der Waals surface area (Å²) in [5.74, 6) is 7.65. The van der Waals surface area contributed by atoms with E-state index in [1.807, 2.05) is 12.3 Å². The fourth-order valence-corrected chi connectivity index (χ4v) is 2.91. The van der Waals surface area contributed by atoms with Gasteiger partial charge in [0.2, 0.25) is 0 Å².